The molecule has 2 N–H and O–H groups in total. The number of nitrogens with two attached hydrogens (primary N) is 1. The lowest BCUT2D eigenvalue weighted by Gasteiger charge is -2.20. The van der Waals surface area contributed by atoms with Gasteiger partial charge in [-0.2, -0.15) is 0 Å². The number of carbonyl (C=O) groups is 1. The molecule has 0 aliphatic carbocycles. The molecular weight excluding hydrogens is 255 g/mol. The number of halogens is 1. The molecule has 4 heteroatoms. The molecular formula is C16H17FN2O. The zero-order valence-electron chi connectivity index (χ0n) is 11.3. The van der Waals surface area contributed by atoms with E-state index in [1.807, 2.05) is 30.3 Å². The van der Waals surface area contributed by atoms with E-state index in [-0.39, 0.29) is 24.2 Å². The average Bonchev–Trinajstić information content (AvgIpc) is 2.47. The monoisotopic (exact) mass is 272 g/mol. The molecule has 0 unspecified atom stereocenters. The highest BCUT2D eigenvalue weighted by molar-refractivity contribution is 5.93. The van der Waals surface area contributed by atoms with E-state index in [9.17, 15) is 9.18 Å². The summed E-state index contributed by atoms with van der Waals surface area (Å²) in [4.78, 5) is 13.6. The first-order valence-corrected chi connectivity index (χ1v) is 6.40. The smallest absolute Gasteiger partial charge is 0.228 e. The number of hydrogen-bond acceptors (Lipinski definition) is 2. The Balaban J connectivity index is 2.05. The highest BCUT2D eigenvalue weighted by atomic mass is 19.1. The number of nitrogens with zero attached hydrogens (tertiary/aromatic N) is 1. The van der Waals surface area contributed by atoms with Gasteiger partial charge in [0.2, 0.25) is 5.91 Å². The summed E-state index contributed by atoms with van der Waals surface area (Å²) in [7, 11) is 1.62. The fourth-order valence-corrected chi connectivity index (χ4v) is 1.97. The molecule has 0 saturated carbocycles. The molecule has 0 heterocycles. The molecule has 20 heavy (non-hydrogen) atoms. The summed E-state index contributed by atoms with van der Waals surface area (Å²) >= 11 is 0. The van der Waals surface area contributed by atoms with Crippen LogP contribution in [0.15, 0.2) is 54.6 Å². The van der Waals surface area contributed by atoms with Crippen molar-refractivity contribution in [3.05, 3.63) is 66.0 Å². The van der Waals surface area contributed by atoms with Crippen LogP contribution >= 0.6 is 0 Å². The van der Waals surface area contributed by atoms with Crippen LogP contribution < -0.4 is 10.6 Å². The normalized spacial score (nSPS) is 11.9. The van der Waals surface area contributed by atoms with Gasteiger partial charge in [-0.1, -0.05) is 36.4 Å². The Hall–Kier alpha value is -2.20. The third kappa shape index (κ3) is 3.42. The second kappa shape index (κ2) is 6.30. The maximum Gasteiger partial charge on any atom is 0.228 e. The van der Waals surface area contributed by atoms with Crippen LogP contribution in [0.1, 0.15) is 18.0 Å². The molecule has 2 rings (SSSR count). The summed E-state index contributed by atoms with van der Waals surface area (Å²) in [6, 6.07) is 15.0. The molecule has 1 atom stereocenters. The average molecular weight is 272 g/mol. The summed E-state index contributed by atoms with van der Waals surface area (Å²) in [5, 5.41) is 0. The second-order valence-electron chi connectivity index (χ2n) is 4.65. The van der Waals surface area contributed by atoms with Crippen LogP contribution in [0.3, 0.4) is 0 Å². The van der Waals surface area contributed by atoms with E-state index in [2.05, 4.69) is 0 Å². The molecule has 104 valence electrons. The predicted molar refractivity (Wildman–Crippen MR) is 77.8 cm³/mol. The molecule has 0 spiro atoms. The molecule has 2 aromatic carbocycles. The molecule has 0 fully saturated rings. The molecule has 1 amide bonds. The number of rotatable bonds is 4. The van der Waals surface area contributed by atoms with Crippen LogP contribution in [0.25, 0.3) is 0 Å². The lowest BCUT2D eigenvalue weighted by molar-refractivity contribution is -0.118. The van der Waals surface area contributed by atoms with Gasteiger partial charge in [0.05, 0.1) is 0 Å². The van der Waals surface area contributed by atoms with Crippen LogP contribution in [0.5, 0.6) is 0 Å². The minimum atomic E-state index is -0.366. The Bertz CT molecular complexity index is 586. The summed E-state index contributed by atoms with van der Waals surface area (Å²) in [6.45, 7) is 0. The van der Waals surface area contributed by atoms with Crippen molar-refractivity contribution in [3.63, 3.8) is 0 Å². The Morgan fingerprint density at radius 3 is 2.55 bits per heavy atom. The third-order valence-corrected chi connectivity index (χ3v) is 3.19. The van der Waals surface area contributed by atoms with Crippen molar-refractivity contribution in [2.24, 2.45) is 5.73 Å². The second-order valence-corrected chi connectivity index (χ2v) is 4.65. The largest absolute Gasteiger partial charge is 0.324 e. The van der Waals surface area contributed by atoms with Crippen LogP contribution in [-0.4, -0.2) is 13.0 Å². The van der Waals surface area contributed by atoms with Crippen LogP contribution in [0.4, 0.5) is 10.1 Å². The number of amides is 1. The van der Waals surface area contributed by atoms with Crippen molar-refractivity contribution in [1.82, 2.24) is 0 Å². The van der Waals surface area contributed by atoms with E-state index in [4.69, 9.17) is 5.73 Å². The van der Waals surface area contributed by atoms with E-state index in [1.54, 1.807) is 19.2 Å². The van der Waals surface area contributed by atoms with Gasteiger partial charge < -0.3 is 10.6 Å². The van der Waals surface area contributed by atoms with Gasteiger partial charge in [-0.05, 0) is 23.8 Å². The lowest BCUT2D eigenvalue weighted by atomic mass is 10.0. The van der Waals surface area contributed by atoms with Crippen molar-refractivity contribution in [1.29, 1.82) is 0 Å². The molecule has 3 nitrogen and oxygen atoms in total. The Morgan fingerprint density at radius 1 is 1.20 bits per heavy atom. The minimum Gasteiger partial charge on any atom is -0.324 e. The van der Waals surface area contributed by atoms with E-state index >= 15 is 0 Å². The highest BCUT2D eigenvalue weighted by Gasteiger charge is 2.16. The molecule has 2 aromatic rings. The van der Waals surface area contributed by atoms with Crippen molar-refractivity contribution in [2.45, 2.75) is 12.5 Å². The van der Waals surface area contributed by atoms with E-state index in [0.717, 1.165) is 5.56 Å². The van der Waals surface area contributed by atoms with Gasteiger partial charge >= 0.3 is 0 Å². The molecule has 0 aliphatic heterocycles. The SMILES string of the molecule is CN(C(=O)C[C@H](N)c1ccccc1)c1cccc(F)c1. The van der Waals surface area contributed by atoms with E-state index in [1.165, 1.54) is 17.0 Å². The third-order valence-electron chi connectivity index (χ3n) is 3.19. The summed E-state index contributed by atoms with van der Waals surface area (Å²) in [5.41, 5.74) is 7.45. The van der Waals surface area contributed by atoms with E-state index < -0.39 is 0 Å². The fraction of sp³-hybridized carbons (Fsp3) is 0.188. The summed E-state index contributed by atoms with van der Waals surface area (Å²) in [6.07, 6.45) is 0.178. The molecule has 0 aromatic heterocycles. The van der Waals surface area contributed by atoms with Gasteiger partial charge in [0.15, 0.2) is 0 Å². The molecule has 0 bridgehead atoms. The standard InChI is InChI=1S/C16H17FN2O/c1-19(14-9-5-8-13(17)10-14)16(20)11-15(18)12-6-3-2-4-7-12/h2-10,15H,11,18H2,1H3/t15-/m0/s1. The number of anilines is 1. The molecule has 0 saturated heterocycles. The van der Waals surface area contributed by atoms with Gasteiger partial charge in [-0.15, -0.1) is 0 Å². The first-order valence-electron chi connectivity index (χ1n) is 6.40. The van der Waals surface area contributed by atoms with Gasteiger partial charge in [0.25, 0.3) is 0 Å². The Labute approximate surface area is 117 Å². The summed E-state index contributed by atoms with van der Waals surface area (Å²) < 4.78 is 13.2. The van der Waals surface area contributed by atoms with Crippen molar-refractivity contribution in [3.8, 4) is 0 Å². The molecule has 0 radical (unpaired) electrons. The van der Waals surface area contributed by atoms with E-state index in [0.29, 0.717) is 5.69 Å². The van der Waals surface area contributed by atoms with Crippen LogP contribution in [0.2, 0.25) is 0 Å². The zero-order valence-corrected chi connectivity index (χ0v) is 11.3. The number of benzene rings is 2. The topological polar surface area (TPSA) is 46.3 Å². The zero-order chi connectivity index (χ0) is 14.5. The minimum absolute atomic E-state index is 0.146. The van der Waals surface area contributed by atoms with Crippen LogP contribution in [0, 0.1) is 5.82 Å². The first kappa shape index (κ1) is 14.2. The fourth-order valence-electron chi connectivity index (χ4n) is 1.97. The maximum absolute atomic E-state index is 13.2. The maximum atomic E-state index is 13.2. The van der Waals surface area contributed by atoms with Gasteiger partial charge in [0, 0.05) is 25.2 Å². The van der Waals surface area contributed by atoms with Crippen LogP contribution in [-0.2, 0) is 4.79 Å². The van der Waals surface area contributed by atoms with Gasteiger partial charge in [-0.3, -0.25) is 4.79 Å². The van der Waals surface area contributed by atoms with Gasteiger partial charge in [-0.25, -0.2) is 4.39 Å². The molecule has 0 aliphatic rings. The first-order chi connectivity index (χ1) is 9.58. The van der Waals surface area contributed by atoms with Gasteiger partial charge in [0.1, 0.15) is 5.82 Å². The predicted octanol–water partition coefficient (Wildman–Crippen LogP) is 2.88. The summed E-state index contributed by atoms with van der Waals surface area (Å²) in [5.74, 6) is -0.513. The van der Waals surface area contributed by atoms with Crippen molar-refractivity contribution < 1.29 is 9.18 Å². The Kier molecular flexibility index (Phi) is 4.48. The lowest BCUT2D eigenvalue weighted by Crippen LogP contribution is -2.29. The highest BCUT2D eigenvalue weighted by Crippen LogP contribution is 2.19. The van der Waals surface area contributed by atoms with Crippen molar-refractivity contribution in [2.75, 3.05) is 11.9 Å². The quantitative estimate of drug-likeness (QED) is 0.930. The number of carbonyl (C=O) groups excluding carboxylic acids is 1. The Morgan fingerprint density at radius 2 is 1.90 bits per heavy atom. The van der Waals surface area contributed by atoms with Crippen molar-refractivity contribution >= 4 is 11.6 Å². The number of hydrogen-bond donors (Lipinski definition) is 1.